The Morgan fingerprint density at radius 2 is 1.80 bits per heavy atom. The predicted octanol–water partition coefficient (Wildman–Crippen LogP) is 5.71. The number of nitrogens with one attached hydrogen (secondary N) is 4. The fourth-order valence-electron chi connectivity index (χ4n) is 4.38. The first-order chi connectivity index (χ1) is 19.2. The van der Waals surface area contributed by atoms with E-state index in [1.807, 2.05) is 19.9 Å². The summed E-state index contributed by atoms with van der Waals surface area (Å²) in [6.07, 6.45) is 4.17. The van der Waals surface area contributed by atoms with Crippen molar-refractivity contribution >= 4 is 29.1 Å². The number of hydrogen-bond donors (Lipinski definition) is 4. The third-order valence-electron chi connectivity index (χ3n) is 6.34. The van der Waals surface area contributed by atoms with E-state index in [-0.39, 0.29) is 23.4 Å². The summed E-state index contributed by atoms with van der Waals surface area (Å²) in [4.78, 5) is 28.2. The summed E-state index contributed by atoms with van der Waals surface area (Å²) in [6, 6.07) is 12.9. The summed E-state index contributed by atoms with van der Waals surface area (Å²) >= 11 is 0. The lowest BCUT2D eigenvalue weighted by Gasteiger charge is -2.17. The lowest BCUT2D eigenvalue weighted by atomic mass is 9.97. The summed E-state index contributed by atoms with van der Waals surface area (Å²) in [5.74, 6) is -0.0530. The van der Waals surface area contributed by atoms with E-state index in [0.717, 1.165) is 31.1 Å². The van der Waals surface area contributed by atoms with Gasteiger partial charge in [0, 0.05) is 49.6 Å². The van der Waals surface area contributed by atoms with Gasteiger partial charge in [0.15, 0.2) is 0 Å². The molecule has 5 rings (SSSR count). The lowest BCUT2D eigenvalue weighted by Crippen LogP contribution is -2.23. The smallest absolute Gasteiger partial charge is 0.323 e. The van der Waals surface area contributed by atoms with Crippen molar-refractivity contribution in [3.63, 3.8) is 0 Å². The molecule has 4 aromatic rings. The number of hydrogen-bond acceptors (Lipinski definition) is 6. The molecule has 206 valence electrons. The summed E-state index contributed by atoms with van der Waals surface area (Å²) in [6.45, 7) is 7.13. The summed E-state index contributed by atoms with van der Waals surface area (Å²) < 4.78 is 22.4. The zero-order valence-electron chi connectivity index (χ0n) is 22.4. The van der Waals surface area contributed by atoms with Gasteiger partial charge in [0.05, 0.1) is 11.4 Å². The second kappa shape index (κ2) is 11.5. The molecule has 3 amide bonds. The van der Waals surface area contributed by atoms with Crippen LogP contribution >= 0.6 is 0 Å². The van der Waals surface area contributed by atoms with Crippen LogP contribution < -0.4 is 26.0 Å². The fourth-order valence-corrected chi connectivity index (χ4v) is 4.38. The van der Waals surface area contributed by atoms with Gasteiger partial charge in [-0.15, -0.1) is 0 Å². The molecule has 1 aliphatic rings. The number of pyridine rings is 1. The monoisotopic (exact) mass is 543 g/mol. The highest BCUT2D eigenvalue weighted by Crippen LogP contribution is 2.31. The summed E-state index contributed by atoms with van der Waals surface area (Å²) in [7, 11) is 0. The second-order valence-corrected chi connectivity index (χ2v) is 9.76. The molecule has 2 aromatic carbocycles. The maximum absolute atomic E-state index is 14.9. The number of ether oxygens (including phenoxy) is 1. The molecule has 0 aliphatic carbocycles. The molecule has 0 fully saturated rings. The molecule has 0 unspecified atom stereocenters. The van der Waals surface area contributed by atoms with Crippen molar-refractivity contribution in [3.8, 4) is 22.8 Å². The number of urea groups is 1. The van der Waals surface area contributed by atoms with Crippen LogP contribution in [0.5, 0.6) is 11.5 Å². The van der Waals surface area contributed by atoms with Gasteiger partial charge in [-0.25, -0.2) is 14.2 Å². The molecule has 0 radical (unpaired) electrons. The number of nitrogens with zero attached hydrogens (tertiary/aromatic N) is 3. The number of rotatable bonds is 7. The Hall–Kier alpha value is -4.77. The number of carbonyl (C=O) groups is 2. The topological polar surface area (TPSA) is 122 Å². The number of carbonyl (C=O) groups excluding carboxylic acids is 2. The first-order valence-corrected chi connectivity index (χ1v) is 13.0. The highest BCUT2D eigenvalue weighted by molar-refractivity contribution is 6.02. The highest BCUT2D eigenvalue weighted by Gasteiger charge is 2.18. The minimum absolute atomic E-state index is 0.0161. The van der Waals surface area contributed by atoms with Gasteiger partial charge < -0.3 is 26.0 Å². The first-order valence-electron chi connectivity index (χ1n) is 13.0. The highest BCUT2D eigenvalue weighted by atomic mass is 19.1. The molecule has 0 atom stereocenters. The third-order valence-corrected chi connectivity index (χ3v) is 6.34. The summed E-state index contributed by atoms with van der Waals surface area (Å²) in [5.41, 5.74) is 4.57. The van der Waals surface area contributed by atoms with E-state index in [0.29, 0.717) is 22.9 Å². The van der Waals surface area contributed by atoms with E-state index >= 15 is 0 Å². The summed E-state index contributed by atoms with van der Waals surface area (Å²) in [5, 5.41) is 16.0. The minimum Gasteiger partial charge on any atom is -0.457 e. The third kappa shape index (κ3) is 6.26. The standard InChI is InChI=1S/C29H30FN7O3/c1-17(2)37-16-26(28(36-37)20-4-5-21-15-31-10-8-19(21)12-20)35-29(39)34-25-7-6-22(13-24(25)30)40-23-9-11-32-27(14-23)33-18(3)38/h4-7,9,11-14,16-17,31H,8,10,15H2,1-3H3,(H,32,33,38)(H2,34,35,39). The fraction of sp³-hybridized carbons (Fsp3) is 0.241. The van der Waals surface area contributed by atoms with Crippen LogP contribution in [0.3, 0.4) is 0 Å². The van der Waals surface area contributed by atoms with Crippen molar-refractivity contribution in [2.24, 2.45) is 0 Å². The number of anilines is 3. The van der Waals surface area contributed by atoms with E-state index in [2.05, 4.69) is 38.4 Å². The van der Waals surface area contributed by atoms with Crippen LogP contribution in [-0.4, -0.2) is 33.2 Å². The number of halogens is 1. The van der Waals surface area contributed by atoms with Gasteiger partial charge in [-0.05, 0) is 62.2 Å². The average molecular weight is 544 g/mol. The van der Waals surface area contributed by atoms with Gasteiger partial charge in [-0.1, -0.05) is 12.1 Å². The van der Waals surface area contributed by atoms with Crippen LogP contribution in [0, 0.1) is 5.82 Å². The molecule has 10 nitrogen and oxygen atoms in total. The molecule has 0 saturated heterocycles. The molecular formula is C29H30FN7O3. The number of benzene rings is 2. The Bertz CT molecular complexity index is 1570. The molecular weight excluding hydrogens is 513 g/mol. The zero-order valence-corrected chi connectivity index (χ0v) is 22.4. The number of amides is 3. The Labute approximate surface area is 231 Å². The van der Waals surface area contributed by atoms with Gasteiger partial charge in [-0.3, -0.25) is 9.48 Å². The molecule has 1 aliphatic heterocycles. The Morgan fingerprint density at radius 1 is 1.00 bits per heavy atom. The zero-order chi connectivity index (χ0) is 28.2. The molecule has 4 N–H and O–H groups in total. The van der Waals surface area contributed by atoms with E-state index in [1.165, 1.54) is 42.4 Å². The lowest BCUT2D eigenvalue weighted by molar-refractivity contribution is -0.114. The van der Waals surface area contributed by atoms with Crippen LogP contribution in [0.1, 0.15) is 37.9 Å². The van der Waals surface area contributed by atoms with Crippen LogP contribution in [0.2, 0.25) is 0 Å². The average Bonchev–Trinajstić information content (AvgIpc) is 3.34. The Balaban J connectivity index is 1.30. The van der Waals surface area contributed by atoms with Crippen molar-refractivity contribution < 1.29 is 18.7 Å². The number of fused-ring (bicyclic) bond motifs is 1. The Morgan fingerprint density at radius 3 is 2.58 bits per heavy atom. The van der Waals surface area contributed by atoms with Gasteiger partial charge >= 0.3 is 6.03 Å². The van der Waals surface area contributed by atoms with Crippen molar-refractivity contribution in [1.82, 2.24) is 20.1 Å². The molecule has 0 spiro atoms. The van der Waals surface area contributed by atoms with Crippen LogP contribution in [0.15, 0.2) is 60.9 Å². The van der Waals surface area contributed by atoms with Gasteiger partial charge in [0.2, 0.25) is 5.91 Å². The first kappa shape index (κ1) is 26.8. The van der Waals surface area contributed by atoms with Crippen LogP contribution in [0.4, 0.5) is 26.4 Å². The molecule has 40 heavy (non-hydrogen) atoms. The second-order valence-electron chi connectivity index (χ2n) is 9.76. The van der Waals surface area contributed by atoms with Crippen molar-refractivity contribution in [1.29, 1.82) is 0 Å². The van der Waals surface area contributed by atoms with Crippen LogP contribution in [0.25, 0.3) is 11.3 Å². The molecule has 0 bridgehead atoms. The number of aromatic nitrogens is 3. The van der Waals surface area contributed by atoms with E-state index in [1.54, 1.807) is 16.9 Å². The maximum Gasteiger partial charge on any atom is 0.323 e. The minimum atomic E-state index is -0.676. The normalized spacial score (nSPS) is 12.5. The largest absolute Gasteiger partial charge is 0.457 e. The van der Waals surface area contributed by atoms with Crippen LogP contribution in [-0.2, 0) is 17.8 Å². The van der Waals surface area contributed by atoms with E-state index < -0.39 is 11.8 Å². The van der Waals surface area contributed by atoms with Gasteiger partial charge in [0.25, 0.3) is 0 Å². The maximum atomic E-state index is 14.9. The molecule has 3 heterocycles. The quantitative estimate of drug-likeness (QED) is 0.237. The van der Waals surface area contributed by atoms with Gasteiger partial charge in [-0.2, -0.15) is 5.10 Å². The van der Waals surface area contributed by atoms with E-state index in [9.17, 15) is 14.0 Å². The molecule has 0 saturated carbocycles. The molecule has 2 aromatic heterocycles. The molecule has 11 heteroatoms. The van der Waals surface area contributed by atoms with Crippen molar-refractivity contribution in [2.45, 2.75) is 39.8 Å². The SMILES string of the molecule is CC(=O)Nc1cc(Oc2ccc(NC(=O)Nc3cn(C(C)C)nc3-c3ccc4c(c3)CCNC4)c(F)c2)ccn1. The van der Waals surface area contributed by atoms with Gasteiger partial charge in [0.1, 0.15) is 28.8 Å². The Kier molecular flexibility index (Phi) is 7.74. The van der Waals surface area contributed by atoms with E-state index in [4.69, 9.17) is 9.84 Å². The van der Waals surface area contributed by atoms with Crippen molar-refractivity contribution in [3.05, 3.63) is 77.9 Å². The predicted molar refractivity (Wildman–Crippen MR) is 151 cm³/mol. The van der Waals surface area contributed by atoms with Crippen molar-refractivity contribution in [2.75, 3.05) is 22.5 Å².